The predicted molar refractivity (Wildman–Crippen MR) is 70.1 cm³/mol. The van der Waals surface area contributed by atoms with E-state index in [1.807, 2.05) is 32.0 Å². The summed E-state index contributed by atoms with van der Waals surface area (Å²) in [5, 5.41) is 2.55. The fourth-order valence-electron chi connectivity index (χ4n) is 1.58. The molecule has 0 atom stereocenters. The molecule has 0 unspecified atom stereocenters. The van der Waals surface area contributed by atoms with Crippen LogP contribution in [0.1, 0.15) is 19.4 Å². The maximum absolute atomic E-state index is 10.6. The summed E-state index contributed by atoms with van der Waals surface area (Å²) in [6.45, 7) is 5.55. The molecule has 0 radical (unpaired) electrons. The Morgan fingerprint density at radius 1 is 1.22 bits per heavy atom. The second kappa shape index (κ2) is 7.42. The first-order valence-electron chi connectivity index (χ1n) is 6.09. The van der Waals surface area contributed by atoms with Crippen LogP contribution in [0.15, 0.2) is 18.2 Å². The SMILES string of the molecule is CCOc1ccc(CCNC(N)=O)cc1OCC. The molecule has 1 aromatic carbocycles. The fraction of sp³-hybridized carbons (Fsp3) is 0.462. The molecule has 0 fully saturated rings. The van der Waals surface area contributed by atoms with Crippen molar-refractivity contribution >= 4 is 6.03 Å². The molecule has 0 saturated carbocycles. The molecule has 1 rings (SSSR count). The average molecular weight is 252 g/mol. The van der Waals surface area contributed by atoms with Crippen molar-refractivity contribution in [3.63, 3.8) is 0 Å². The van der Waals surface area contributed by atoms with Crippen LogP contribution >= 0.6 is 0 Å². The Labute approximate surface area is 107 Å². The number of benzene rings is 1. The van der Waals surface area contributed by atoms with Gasteiger partial charge in [0, 0.05) is 6.54 Å². The highest BCUT2D eigenvalue weighted by Gasteiger charge is 2.06. The number of urea groups is 1. The summed E-state index contributed by atoms with van der Waals surface area (Å²) in [6, 6.07) is 5.26. The number of ether oxygens (including phenoxy) is 2. The van der Waals surface area contributed by atoms with Crippen LogP contribution < -0.4 is 20.5 Å². The van der Waals surface area contributed by atoms with Crippen LogP contribution in [0, 0.1) is 0 Å². The van der Waals surface area contributed by atoms with Gasteiger partial charge in [0.1, 0.15) is 0 Å². The lowest BCUT2D eigenvalue weighted by Crippen LogP contribution is -2.30. The van der Waals surface area contributed by atoms with Crippen LogP contribution in [-0.4, -0.2) is 25.8 Å². The second-order valence-electron chi connectivity index (χ2n) is 3.69. The Kier molecular flexibility index (Phi) is 5.84. The summed E-state index contributed by atoms with van der Waals surface area (Å²) >= 11 is 0. The first-order valence-corrected chi connectivity index (χ1v) is 6.09. The number of primary amides is 1. The number of hydrogen-bond acceptors (Lipinski definition) is 3. The molecule has 0 aliphatic carbocycles. The lowest BCUT2D eigenvalue weighted by atomic mass is 10.1. The number of nitrogens with one attached hydrogen (secondary N) is 1. The van der Waals surface area contributed by atoms with Gasteiger partial charge in [0.15, 0.2) is 11.5 Å². The minimum atomic E-state index is -0.508. The largest absolute Gasteiger partial charge is 0.490 e. The molecule has 0 bridgehead atoms. The fourth-order valence-corrected chi connectivity index (χ4v) is 1.58. The molecule has 0 aliphatic heterocycles. The number of rotatable bonds is 7. The first-order chi connectivity index (χ1) is 8.67. The summed E-state index contributed by atoms with van der Waals surface area (Å²) in [6.07, 6.45) is 0.704. The zero-order valence-electron chi connectivity index (χ0n) is 10.9. The summed E-state index contributed by atoms with van der Waals surface area (Å²) in [7, 11) is 0. The van der Waals surface area contributed by atoms with Gasteiger partial charge in [-0.1, -0.05) is 6.07 Å². The van der Waals surface area contributed by atoms with Crippen LogP contribution in [0.2, 0.25) is 0 Å². The number of carbonyl (C=O) groups is 1. The standard InChI is InChI=1S/C13H20N2O3/c1-3-17-11-6-5-10(7-8-15-13(14)16)9-12(11)18-4-2/h5-6,9H,3-4,7-8H2,1-2H3,(H3,14,15,16). The zero-order valence-corrected chi connectivity index (χ0v) is 10.9. The molecule has 18 heavy (non-hydrogen) atoms. The summed E-state index contributed by atoms with van der Waals surface area (Å²) in [5.74, 6) is 1.47. The Balaban J connectivity index is 2.69. The Morgan fingerprint density at radius 2 is 1.89 bits per heavy atom. The van der Waals surface area contributed by atoms with Gasteiger partial charge in [-0.15, -0.1) is 0 Å². The maximum atomic E-state index is 10.6. The van der Waals surface area contributed by atoms with Gasteiger partial charge in [-0.25, -0.2) is 4.79 Å². The Hall–Kier alpha value is -1.91. The van der Waals surface area contributed by atoms with Gasteiger partial charge in [-0.2, -0.15) is 0 Å². The van der Waals surface area contributed by atoms with Crippen molar-refractivity contribution < 1.29 is 14.3 Å². The molecule has 0 spiro atoms. The van der Waals surface area contributed by atoms with E-state index in [0.717, 1.165) is 17.1 Å². The Bertz CT molecular complexity index is 394. The van der Waals surface area contributed by atoms with Crippen LogP contribution in [0.25, 0.3) is 0 Å². The van der Waals surface area contributed by atoms with Crippen molar-refractivity contribution in [2.75, 3.05) is 19.8 Å². The molecule has 0 aliphatic rings. The van der Waals surface area contributed by atoms with Gasteiger partial charge in [-0.3, -0.25) is 0 Å². The van der Waals surface area contributed by atoms with Gasteiger partial charge in [-0.05, 0) is 38.0 Å². The minimum absolute atomic E-state index is 0.508. The highest BCUT2D eigenvalue weighted by Crippen LogP contribution is 2.28. The third-order valence-corrected chi connectivity index (χ3v) is 2.32. The molecule has 5 nitrogen and oxygen atoms in total. The van der Waals surface area contributed by atoms with E-state index in [1.54, 1.807) is 0 Å². The van der Waals surface area contributed by atoms with Crippen LogP contribution in [0.4, 0.5) is 4.79 Å². The molecule has 3 N–H and O–H groups in total. The van der Waals surface area contributed by atoms with Crippen molar-refractivity contribution in [1.29, 1.82) is 0 Å². The van der Waals surface area contributed by atoms with E-state index in [-0.39, 0.29) is 0 Å². The lowest BCUT2D eigenvalue weighted by Gasteiger charge is -2.12. The van der Waals surface area contributed by atoms with E-state index in [9.17, 15) is 4.79 Å². The topological polar surface area (TPSA) is 73.6 Å². The van der Waals surface area contributed by atoms with Gasteiger partial charge in [0.05, 0.1) is 13.2 Å². The number of amides is 2. The highest BCUT2D eigenvalue weighted by atomic mass is 16.5. The van der Waals surface area contributed by atoms with Gasteiger partial charge in [0.2, 0.25) is 0 Å². The van der Waals surface area contributed by atoms with Crippen LogP contribution in [0.3, 0.4) is 0 Å². The molecular weight excluding hydrogens is 232 g/mol. The lowest BCUT2D eigenvalue weighted by molar-refractivity contribution is 0.249. The predicted octanol–water partition coefficient (Wildman–Crippen LogP) is 1.69. The number of hydrogen-bond donors (Lipinski definition) is 2. The zero-order chi connectivity index (χ0) is 13.4. The highest BCUT2D eigenvalue weighted by molar-refractivity contribution is 5.71. The van der Waals surface area contributed by atoms with Crippen molar-refractivity contribution in [3.05, 3.63) is 23.8 Å². The molecule has 0 saturated heterocycles. The normalized spacial score (nSPS) is 9.89. The number of nitrogens with two attached hydrogens (primary N) is 1. The van der Waals surface area contributed by atoms with Crippen LogP contribution in [-0.2, 0) is 6.42 Å². The smallest absolute Gasteiger partial charge is 0.312 e. The molecule has 5 heteroatoms. The van der Waals surface area contributed by atoms with E-state index in [0.29, 0.717) is 26.2 Å². The quantitative estimate of drug-likeness (QED) is 0.775. The summed E-state index contributed by atoms with van der Waals surface area (Å²) < 4.78 is 11.0. The van der Waals surface area contributed by atoms with E-state index in [4.69, 9.17) is 15.2 Å². The van der Waals surface area contributed by atoms with Crippen molar-refractivity contribution in [2.24, 2.45) is 5.73 Å². The first kappa shape index (κ1) is 14.2. The maximum Gasteiger partial charge on any atom is 0.312 e. The van der Waals surface area contributed by atoms with Gasteiger partial charge < -0.3 is 20.5 Å². The van der Waals surface area contributed by atoms with E-state index >= 15 is 0 Å². The molecule has 0 aromatic heterocycles. The molecule has 1 aromatic rings. The van der Waals surface area contributed by atoms with Gasteiger partial charge in [0.25, 0.3) is 0 Å². The van der Waals surface area contributed by atoms with Crippen molar-refractivity contribution in [3.8, 4) is 11.5 Å². The second-order valence-corrected chi connectivity index (χ2v) is 3.69. The average Bonchev–Trinajstić information content (AvgIpc) is 2.32. The summed E-state index contributed by atoms with van der Waals surface area (Å²) in [5.41, 5.74) is 6.07. The van der Waals surface area contributed by atoms with E-state index < -0.39 is 6.03 Å². The van der Waals surface area contributed by atoms with E-state index in [1.165, 1.54) is 0 Å². The van der Waals surface area contributed by atoms with Gasteiger partial charge >= 0.3 is 6.03 Å². The molecule has 100 valence electrons. The third-order valence-electron chi connectivity index (χ3n) is 2.32. The molecular formula is C13H20N2O3. The van der Waals surface area contributed by atoms with Crippen molar-refractivity contribution in [1.82, 2.24) is 5.32 Å². The minimum Gasteiger partial charge on any atom is -0.490 e. The summed E-state index contributed by atoms with van der Waals surface area (Å²) in [4.78, 5) is 10.6. The Morgan fingerprint density at radius 3 is 2.50 bits per heavy atom. The monoisotopic (exact) mass is 252 g/mol. The number of carbonyl (C=O) groups excluding carboxylic acids is 1. The van der Waals surface area contributed by atoms with E-state index in [2.05, 4.69) is 5.32 Å². The molecule has 2 amide bonds. The molecule has 0 heterocycles. The van der Waals surface area contributed by atoms with Crippen molar-refractivity contribution in [2.45, 2.75) is 20.3 Å². The van der Waals surface area contributed by atoms with Crippen LogP contribution in [0.5, 0.6) is 11.5 Å². The third kappa shape index (κ3) is 4.53.